The molecule has 3 aromatic rings. The molecule has 0 aliphatic carbocycles. The van der Waals surface area contributed by atoms with Crippen molar-refractivity contribution in [1.82, 2.24) is 4.98 Å². The summed E-state index contributed by atoms with van der Waals surface area (Å²) in [6, 6.07) is 17.8. The van der Waals surface area contributed by atoms with Gasteiger partial charge in [-0.25, -0.2) is 9.78 Å². The molecule has 0 amide bonds. The predicted molar refractivity (Wildman–Crippen MR) is 103 cm³/mol. The van der Waals surface area contributed by atoms with E-state index in [0.717, 1.165) is 16.9 Å². The van der Waals surface area contributed by atoms with Crippen LogP contribution in [-0.2, 0) is 11.3 Å². The zero-order chi connectivity index (χ0) is 18.2. The molecule has 0 aliphatic rings. The molecule has 0 atom stereocenters. The van der Waals surface area contributed by atoms with Gasteiger partial charge in [-0.3, -0.25) is 0 Å². The van der Waals surface area contributed by atoms with Crippen molar-refractivity contribution in [1.29, 1.82) is 0 Å². The highest BCUT2D eigenvalue weighted by Crippen LogP contribution is 2.17. The van der Waals surface area contributed by atoms with E-state index in [1.54, 1.807) is 5.38 Å². The van der Waals surface area contributed by atoms with Gasteiger partial charge in [0.1, 0.15) is 19.0 Å². The monoisotopic (exact) mass is 368 g/mol. The van der Waals surface area contributed by atoms with E-state index in [-0.39, 0.29) is 6.61 Å². The Hall–Kier alpha value is -2.86. The number of rotatable bonds is 8. The van der Waals surface area contributed by atoms with Crippen LogP contribution in [0.25, 0.3) is 0 Å². The molecular weight excluding hydrogens is 348 g/mol. The third kappa shape index (κ3) is 5.32. The fraction of sp³-hybridized carbons (Fsp3) is 0.200. The quantitative estimate of drug-likeness (QED) is 0.474. The summed E-state index contributed by atoms with van der Waals surface area (Å²) in [6.07, 6.45) is 0. The lowest BCUT2D eigenvalue weighted by Crippen LogP contribution is -2.12. The van der Waals surface area contributed by atoms with Crippen LogP contribution in [0.1, 0.15) is 21.6 Å². The van der Waals surface area contributed by atoms with Crippen molar-refractivity contribution >= 4 is 22.4 Å². The van der Waals surface area contributed by atoms with Crippen molar-refractivity contribution in [3.05, 3.63) is 76.8 Å². The van der Waals surface area contributed by atoms with Crippen LogP contribution in [0.4, 0.5) is 5.13 Å². The van der Waals surface area contributed by atoms with E-state index < -0.39 is 5.97 Å². The number of anilines is 1. The Kier molecular flexibility index (Phi) is 6.22. The Balaban J connectivity index is 1.41. The van der Waals surface area contributed by atoms with Crippen LogP contribution in [-0.4, -0.2) is 24.2 Å². The number of nitrogens with one attached hydrogen (secondary N) is 1. The second-order valence-corrected chi connectivity index (χ2v) is 6.54. The third-order valence-corrected chi connectivity index (χ3v) is 4.37. The topological polar surface area (TPSA) is 60.5 Å². The Morgan fingerprint density at radius 1 is 1.12 bits per heavy atom. The second kappa shape index (κ2) is 9.01. The largest absolute Gasteiger partial charge is 0.490 e. The molecule has 3 rings (SSSR count). The van der Waals surface area contributed by atoms with Crippen molar-refractivity contribution in [2.75, 3.05) is 18.5 Å². The highest BCUT2D eigenvalue weighted by atomic mass is 32.1. The maximum absolute atomic E-state index is 12.0. The summed E-state index contributed by atoms with van der Waals surface area (Å²) in [7, 11) is 0. The molecule has 5 nitrogen and oxygen atoms in total. The normalized spacial score (nSPS) is 10.3. The van der Waals surface area contributed by atoms with Gasteiger partial charge in [-0.05, 0) is 30.2 Å². The number of ether oxygens (including phenoxy) is 2. The number of esters is 1. The summed E-state index contributed by atoms with van der Waals surface area (Å²) >= 11 is 1.38. The van der Waals surface area contributed by atoms with Gasteiger partial charge in [-0.15, -0.1) is 11.3 Å². The molecule has 0 spiro atoms. The SMILES string of the molecule is Cc1cccc(OCCOC(=O)c2csc(NCc3ccccc3)n2)c1. The maximum atomic E-state index is 12.0. The van der Waals surface area contributed by atoms with Crippen LogP contribution in [0.5, 0.6) is 5.75 Å². The molecule has 134 valence electrons. The standard InChI is InChI=1S/C20H20N2O3S/c1-15-6-5-9-17(12-15)24-10-11-25-19(23)18-14-26-20(22-18)21-13-16-7-3-2-4-8-16/h2-9,12,14H,10-11,13H2,1H3,(H,21,22). The molecular formula is C20H20N2O3S. The Labute approximate surface area is 156 Å². The van der Waals surface area contributed by atoms with Crippen LogP contribution in [0.15, 0.2) is 60.0 Å². The number of carbonyl (C=O) groups excluding carboxylic acids is 1. The van der Waals surface area contributed by atoms with E-state index in [1.807, 2.05) is 61.5 Å². The summed E-state index contributed by atoms with van der Waals surface area (Å²) in [5, 5.41) is 5.59. The van der Waals surface area contributed by atoms with Crippen molar-refractivity contribution in [2.24, 2.45) is 0 Å². The molecule has 6 heteroatoms. The van der Waals surface area contributed by atoms with Crippen LogP contribution < -0.4 is 10.1 Å². The Bertz CT molecular complexity index is 849. The highest BCUT2D eigenvalue weighted by molar-refractivity contribution is 7.13. The van der Waals surface area contributed by atoms with Gasteiger partial charge in [-0.1, -0.05) is 42.5 Å². The highest BCUT2D eigenvalue weighted by Gasteiger charge is 2.12. The van der Waals surface area contributed by atoms with E-state index in [9.17, 15) is 4.79 Å². The number of nitrogens with zero attached hydrogens (tertiary/aromatic N) is 1. The predicted octanol–water partition coefficient (Wildman–Crippen LogP) is 4.30. The van der Waals surface area contributed by atoms with E-state index in [4.69, 9.17) is 9.47 Å². The summed E-state index contributed by atoms with van der Waals surface area (Å²) < 4.78 is 10.8. The Morgan fingerprint density at radius 2 is 1.96 bits per heavy atom. The molecule has 1 N–H and O–H groups in total. The van der Waals surface area contributed by atoms with Crippen LogP contribution >= 0.6 is 11.3 Å². The fourth-order valence-electron chi connectivity index (χ4n) is 2.30. The number of thiazole rings is 1. The zero-order valence-corrected chi connectivity index (χ0v) is 15.3. The minimum atomic E-state index is -0.443. The number of hydrogen-bond donors (Lipinski definition) is 1. The lowest BCUT2D eigenvalue weighted by molar-refractivity contribution is 0.0444. The summed E-state index contributed by atoms with van der Waals surface area (Å²) in [6.45, 7) is 3.14. The summed E-state index contributed by atoms with van der Waals surface area (Å²) in [5.41, 5.74) is 2.58. The van der Waals surface area contributed by atoms with Crippen molar-refractivity contribution in [2.45, 2.75) is 13.5 Å². The summed E-state index contributed by atoms with van der Waals surface area (Å²) in [4.78, 5) is 16.3. The first-order valence-electron chi connectivity index (χ1n) is 8.30. The van der Waals surface area contributed by atoms with Gasteiger partial charge in [0.15, 0.2) is 10.8 Å². The van der Waals surface area contributed by atoms with Gasteiger partial charge in [-0.2, -0.15) is 0 Å². The third-order valence-electron chi connectivity index (χ3n) is 3.57. The molecule has 0 saturated heterocycles. The summed E-state index contributed by atoms with van der Waals surface area (Å²) in [5.74, 6) is 0.323. The number of hydrogen-bond acceptors (Lipinski definition) is 6. The smallest absolute Gasteiger partial charge is 0.358 e. The van der Waals surface area contributed by atoms with E-state index in [0.29, 0.717) is 24.0 Å². The average molecular weight is 368 g/mol. The molecule has 0 saturated carbocycles. The molecule has 0 bridgehead atoms. The molecule has 0 radical (unpaired) electrons. The zero-order valence-electron chi connectivity index (χ0n) is 14.5. The van der Waals surface area contributed by atoms with E-state index >= 15 is 0 Å². The molecule has 0 aliphatic heterocycles. The molecule has 2 aromatic carbocycles. The van der Waals surface area contributed by atoms with E-state index in [2.05, 4.69) is 10.3 Å². The lowest BCUT2D eigenvalue weighted by atomic mass is 10.2. The number of benzene rings is 2. The van der Waals surface area contributed by atoms with Gasteiger partial charge in [0.05, 0.1) is 0 Å². The molecule has 0 fully saturated rings. The maximum Gasteiger partial charge on any atom is 0.358 e. The first-order chi connectivity index (χ1) is 12.7. The van der Waals surface area contributed by atoms with Gasteiger partial charge >= 0.3 is 5.97 Å². The fourth-order valence-corrected chi connectivity index (χ4v) is 2.97. The second-order valence-electron chi connectivity index (χ2n) is 5.68. The molecule has 0 unspecified atom stereocenters. The van der Waals surface area contributed by atoms with Gasteiger partial charge in [0.25, 0.3) is 0 Å². The van der Waals surface area contributed by atoms with Crippen LogP contribution in [0, 0.1) is 6.92 Å². The minimum absolute atomic E-state index is 0.178. The van der Waals surface area contributed by atoms with Gasteiger partial charge in [0.2, 0.25) is 0 Å². The minimum Gasteiger partial charge on any atom is -0.490 e. The first kappa shape index (κ1) is 17.9. The molecule has 1 heterocycles. The lowest BCUT2D eigenvalue weighted by Gasteiger charge is -2.07. The van der Waals surface area contributed by atoms with E-state index in [1.165, 1.54) is 11.3 Å². The molecule has 26 heavy (non-hydrogen) atoms. The van der Waals surface area contributed by atoms with Crippen molar-refractivity contribution in [3.8, 4) is 5.75 Å². The van der Waals surface area contributed by atoms with Crippen LogP contribution in [0.2, 0.25) is 0 Å². The number of carbonyl (C=O) groups is 1. The first-order valence-corrected chi connectivity index (χ1v) is 9.18. The molecule has 1 aromatic heterocycles. The van der Waals surface area contributed by atoms with Crippen LogP contribution in [0.3, 0.4) is 0 Å². The number of aryl methyl sites for hydroxylation is 1. The van der Waals surface area contributed by atoms with Gasteiger partial charge in [0, 0.05) is 11.9 Å². The van der Waals surface area contributed by atoms with Crippen molar-refractivity contribution in [3.63, 3.8) is 0 Å². The van der Waals surface area contributed by atoms with Crippen molar-refractivity contribution < 1.29 is 14.3 Å². The van der Waals surface area contributed by atoms with Gasteiger partial charge < -0.3 is 14.8 Å². The Morgan fingerprint density at radius 3 is 2.77 bits per heavy atom. The number of aromatic nitrogens is 1. The average Bonchev–Trinajstić information content (AvgIpc) is 3.13.